The van der Waals surface area contributed by atoms with Gasteiger partial charge in [0.1, 0.15) is 0 Å². The van der Waals surface area contributed by atoms with E-state index in [2.05, 4.69) is 0 Å². The van der Waals surface area contributed by atoms with Crippen molar-refractivity contribution in [1.82, 2.24) is 0 Å². The van der Waals surface area contributed by atoms with Crippen LogP contribution >= 0.6 is 19.8 Å². The Morgan fingerprint density at radius 2 is 1.80 bits per heavy atom. The Labute approximate surface area is 36.1 Å². The van der Waals surface area contributed by atoms with Crippen LogP contribution in [0.15, 0.2) is 0 Å². The van der Waals surface area contributed by atoms with Crippen molar-refractivity contribution in [2.45, 2.75) is 0 Å². The minimum Gasteiger partial charge on any atom is -0.380 e. The molecule has 0 atom stereocenters. The molecule has 0 fully saturated rings. The Morgan fingerprint density at radius 1 is 1.60 bits per heavy atom. The highest BCUT2D eigenvalue weighted by molar-refractivity contribution is 14.2. The van der Waals surface area contributed by atoms with Gasteiger partial charge in [-0.15, -0.1) is 0 Å². The zero-order valence-corrected chi connectivity index (χ0v) is 4.51. The van der Waals surface area contributed by atoms with Crippen LogP contribution in [0.1, 0.15) is 0 Å². The fourth-order valence-electron chi connectivity index (χ4n) is 0. The molecule has 0 bridgehead atoms. The van der Waals surface area contributed by atoms with E-state index in [1.165, 1.54) is 0 Å². The van der Waals surface area contributed by atoms with Gasteiger partial charge < -0.3 is 5.11 Å². The summed E-state index contributed by atoms with van der Waals surface area (Å²) in [6.07, 6.45) is 0. The number of aliphatic hydroxyl groups excluding tert-OH is 1. The van der Waals surface area contributed by atoms with Crippen LogP contribution in [0, 0.1) is 0 Å². The number of hydrogen-bond acceptors (Lipinski definition) is 3. The molecule has 32 valence electrons. The molecule has 0 aromatic rings. The lowest BCUT2D eigenvalue weighted by Crippen LogP contribution is -1.56. The third kappa shape index (κ3) is 4.29. The van der Waals surface area contributed by atoms with Crippen LogP contribution in [-0.4, -0.2) is 9.72 Å². The van der Waals surface area contributed by atoms with Crippen LogP contribution in [0.5, 0.6) is 0 Å². The SMILES string of the molecule is O=I(=O)CO. The normalized spacial score (nSPS) is 9.20. The lowest BCUT2D eigenvalue weighted by atomic mass is 11.8. The maximum atomic E-state index is 9.25. The zero-order chi connectivity index (χ0) is 4.28. The van der Waals surface area contributed by atoms with Gasteiger partial charge >= 0.3 is 19.8 Å². The topological polar surface area (TPSA) is 54.4 Å². The summed E-state index contributed by atoms with van der Waals surface area (Å²) in [6, 6.07) is 0. The van der Waals surface area contributed by atoms with Crippen molar-refractivity contribution >= 4 is 19.8 Å². The average molecular weight is 190 g/mol. The van der Waals surface area contributed by atoms with E-state index < -0.39 is 24.4 Å². The summed E-state index contributed by atoms with van der Waals surface area (Å²) < 4.78 is 17.8. The van der Waals surface area contributed by atoms with E-state index in [1.54, 1.807) is 0 Å². The molecule has 0 saturated carbocycles. The van der Waals surface area contributed by atoms with Crippen molar-refractivity contribution in [1.29, 1.82) is 0 Å². The zero-order valence-electron chi connectivity index (χ0n) is 2.35. The van der Waals surface area contributed by atoms with E-state index in [9.17, 15) is 6.14 Å². The minimum absolute atomic E-state index is 0.649. The summed E-state index contributed by atoms with van der Waals surface area (Å²) in [5, 5.41) is 7.59. The van der Waals surface area contributed by atoms with Gasteiger partial charge in [0.15, 0.2) is 4.61 Å². The fraction of sp³-hybridized carbons (Fsp3) is 1.00. The fourth-order valence-corrected chi connectivity index (χ4v) is 0. The third-order valence-corrected chi connectivity index (χ3v) is 0.655. The van der Waals surface area contributed by atoms with E-state index in [-0.39, 0.29) is 0 Å². The molecule has 0 aliphatic rings. The van der Waals surface area contributed by atoms with E-state index in [0.29, 0.717) is 0 Å². The lowest BCUT2D eigenvalue weighted by molar-refractivity contribution is 0.384. The number of halogens is 1. The van der Waals surface area contributed by atoms with Crippen LogP contribution in [0.3, 0.4) is 0 Å². The van der Waals surface area contributed by atoms with Crippen molar-refractivity contribution in [2.75, 3.05) is 4.61 Å². The molecule has 0 unspecified atom stereocenters. The molecule has 0 spiro atoms. The van der Waals surface area contributed by atoms with E-state index in [1.807, 2.05) is 0 Å². The summed E-state index contributed by atoms with van der Waals surface area (Å²) in [4.78, 5) is 0. The van der Waals surface area contributed by atoms with Crippen LogP contribution in [0.2, 0.25) is 0 Å². The quantitative estimate of drug-likeness (QED) is 0.472. The first-order valence-corrected chi connectivity index (χ1v) is 4.18. The second-order valence-corrected chi connectivity index (χ2v) is 2.69. The summed E-state index contributed by atoms with van der Waals surface area (Å²) in [5.74, 6) is 0. The van der Waals surface area contributed by atoms with Gasteiger partial charge in [-0.1, -0.05) is 0 Å². The highest BCUT2D eigenvalue weighted by Crippen LogP contribution is 1.95. The van der Waals surface area contributed by atoms with E-state index in [4.69, 9.17) is 5.11 Å². The van der Waals surface area contributed by atoms with Gasteiger partial charge in [-0.25, -0.2) is 6.14 Å². The molecular weight excluding hydrogens is 187 g/mol. The molecule has 3 nitrogen and oxygen atoms in total. The molecule has 5 heavy (non-hydrogen) atoms. The molecule has 1 N–H and O–H groups in total. The Morgan fingerprint density at radius 3 is 1.80 bits per heavy atom. The first-order valence-electron chi connectivity index (χ1n) is 0.892. The second-order valence-electron chi connectivity index (χ2n) is 0.401. The highest BCUT2D eigenvalue weighted by Gasteiger charge is 1.74. The summed E-state index contributed by atoms with van der Waals surface area (Å²) in [6.45, 7) is 0. The van der Waals surface area contributed by atoms with Crippen molar-refractivity contribution in [2.24, 2.45) is 0 Å². The summed E-state index contributed by atoms with van der Waals surface area (Å²) in [5.41, 5.74) is 0. The molecule has 0 aromatic carbocycles. The average Bonchev–Trinajstić information content (AvgIpc) is 1.38. The van der Waals surface area contributed by atoms with Crippen LogP contribution in [0.25, 0.3) is 0 Å². The van der Waals surface area contributed by atoms with Crippen molar-refractivity contribution < 1.29 is 11.2 Å². The molecule has 0 aliphatic carbocycles. The molecule has 0 aliphatic heterocycles. The maximum Gasteiger partial charge on any atom is 0.333 e. The standard InChI is InChI=1S/CH3IO3/c3-1-2(4)5/h3H,1H2. The molecule has 0 radical (unpaired) electrons. The largest absolute Gasteiger partial charge is 0.380 e. The molecule has 0 rings (SSSR count). The second kappa shape index (κ2) is 2.52. The molecule has 0 aromatic heterocycles. The van der Waals surface area contributed by atoms with Gasteiger partial charge in [-0.2, -0.15) is 0 Å². The lowest BCUT2D eigenvalue weighted by Gasteiger charge is -1.56. The predicted octanol–water partition coefficient (Wildman–Crippen LogP) is 0.134. The number of alkyl halides is 1. The smallest absolute Gasteiger partial charge is 0.333 e. The Bertz CT molecular complexity index is 65.0. The molecule has 0 saturated heterocycles. The molecular formula is CH3IO3. The van der Waals surface area contributed by atoms with Crippen LogP contribution in [0.4, 0.5) is 0 Å². The predicted molar refractivity (Wildman–Crippen MR) is 22.5 cm³/mol. The van der Waals surface area contributed by atoms with E-state index in [0.717, 1.165) is 0 Å². The van der Waals surface area contributed by atoms with Gasteiger partial charge in [0.05, 0.1) is 0 Å². The van der Waals surface area contributed by atoms with Gasteiger partial charge in [0, 0.05) is 0 Å². The molecule has 4 heteroatoms. The van der Waals surface area contributed by atoms with Crippen molar-refractivity contribution in [3.8, 4) is 0 Å². The summed E-state index contributed by atoms with van der Waals surface area (Å²) in [7, 11) is 0. The molecule has 0 heterocycles. The minimum atomic E-state index is -3.23. The first kappa shape index (κ1) is 5.29. The van der Waals surface area contributed by atoms with Crippen LogP contribution < -0.4 is 0 Å². The van der Waals surface area contributed by atoms with Gasteiger partial charge in [0.25, 0.3) is 0 Å². The Hall–Kier alpha value is 0.290. The van der Waals surface area contributed by atoms with Crippen molar-refractivity contribution in [3.63, 3.8) is 0 Å². The third-order valence-electron chi connectivity index (χ3n) is 0.0976. The number of hydrogen-bond donors (Lipinski definition) is 1. The highest BCUT2D eigenvalue weighted by atomic mass is 127. The van der Waals surface area contributed by atoms with Gasteiger partial charge in [-0.05, 0) is 0 Å². The van der Waals surface area contributed by atoms with Gasteiger partial charge in [-0.3, -0.25) is 0 Å². The number of rotatable bonds is 1. The monoisotopic (exact) mass is 190 g/mol. The van der Waals surface area contributed by atoms with E-state index >= 15 is 0 Å². The Kier molecular flexibility index (Phi) is 2.67. The van der Waals surface area contributed by atoms with Crippen LogP contribution in [-0.2, 0) is 6.14 Å². The van der Waals surface area contributed by atoms with Gasteiger partial charge in [0.2, 0.25) is 0 Å². The first-order chi connectivity index (χ1) is 2.27. The van der Waals surface area contributed by atoms with Crippen molar-refractivity contribution in [3.05, 3.63) is 0 Å². The molecule has 0 amide bonds. The number of aliphatic hydroxyl groups is 1. The maximum absolute atomic E-state index is 9.25. The Balaban J connectivity index is 3.23. The summed E-state index contributed by atoms with van der Waals surface area (Å²) >= 11 is -3.23.